The second kappa shape index (κ2) is 10.1. The van der Waals surface area contributed by atoms with Gasteiger partial charge in [-0.05, 0) is 24.6 Å². The molecule has 13 heteroatoms. The quantitative estimate of drug-likeness (QED) is 0.368. The predicted octanol–water partition coefficient (Wildman–Crippen LogP) is 3.86. The molecular formula is C25H26F2N6O5. The fraction of sp³-hybridized carbons (Fsp3) is 0.360. The minimum Gasteiger partial charge on any atom is -0.497 e. The van der Waals surface area contributed by atoms with Crippen molar-refractivity contribution in [1.82, 2.24) is 24.5 Å². The number of piperidine rings is 1. The van der Waals surface area contributed by atoms with Crippen molar-refractivity contribution in [2.24, 2.45) is 0 Å². The number of alkyl halides is 1. The zero-order valence-electron chi connectivity index (χ0n) is 20.9. The van der Waals surface area contributed by atoms with Crippen LogP contribution in [0, 0.1) is 5.82 Å². The maximum absolute atomic E-state index is 14.6. The van der Waals surface area contributed by atoms with Gasteiger partial charge in [0.15, 0.2) is 23.0 Å². The van der Waals surface area contributed by atoms with E-state index in [0.717, 1.165) is 10.5 Å². The van der Waals surface area contributed by atoms with Gasteiger partial charge in [-0.2, -0.15) is 4.52 Å². The summed E-state index contributed by atoms with van der Waals surface area (Å²) in [6, 6.07) is 8.12. The van der Waals surface area contributed by atoms with Crippen molar-refractivity contribution in [2.45, 2.75) is 25.1 Å². The van der Waals surface area contributed by atoms with E-state index in [0.29, 0.717) is 34.0 Å². The number of carbonyl (C=O) groups is 1. The third-order valence-corrected chi connectivity index (χ3v) is 6.53. The minimum absolute atomic E-state index is 0.0153. The van der Waals surface area contributed by atoms with Gasteiger partial charge in [-0.1, -0.05) is 0 Å². The molecule has 5 rings (SSSR count). The molecule has 0 spiro atoms. The molecule has 2 N–H and O–H groups in total. The molecule has 1 aliphatic heterocycles. The van der Waals surface area contributed by atoms with E-state index in [1.54, 1.807) is 26.4 Å². The number of hydrogen-bond acceptors (Lipinski definition) is 8. The van der Waals surface area contributed by atoms with Crippen LogP contribution in [0.2, 0.25) is 0 Å². The van der Waals surface area contributed by atoms with Crippen LogP contribution in [0.25, 0.3) is 16.6 Å². The van der Waals surface area contributed by atoms with Gasteiger partial charge < -0.3 is 29.5 Å². The average molecular weight is 529 g/mol. The molecule has 0 saturated carbocycles. The van der Waals surface area contributed by atoms with Crippen molar-refractivity contribution in [3.8, 4) is 17.2 Å². The molecule has 1 saturated heterocycles. The van der Waals surface area contributed by atoms with E-state index >= 15 is 0 Å². The molecular weight excluding hydrogens is 502 g/mol. The number of anilines is 1. The Morgan fingerprint density at radius 3 is 2.61 bits per heavy atom. The second-order valence-corrected chi connectivity index (χ2v) is 8.89. The normalized spacial score (nSPS) is 17.6. The van der Waals surface area contributed by atoms with Crippen LogP contribution in [-0.2, 0) is 6.54 Å². The van der Waals surface area contributed by atoms with Crippen molar-refractivity contribution >= 4 is 28.6 Å². The summed E-state index contributed by atoms with van der Waals surface area (Å²) in [6.07, 6.45) is -2.49. The number of amides is 1. The SMILES string of the molecule is COc1ccc(CNc2nc3cc(OC)c(F)cc3c3nc([C@H]4C[C@H](F)CN(C(=O)O)C4)nn23)c(OC)c1. The molecule has 11 nitrogen and oxygen atoms in total. The monoisotopic (exact) mass is 528 g/mol. The molecule has 2 aromatic heterocycles. The van der Waals surface area contributed by atoms with E-state index in [2.05, 4.69) is 20.4 Å². The van der Waals surface area contributed by atoms with Crippen LogP contribution in [0.1, 0.15) is 23.7 Å². The summed E-state index contributed by atoms with van der Waals surface area (Å²) >= 11 is 0. The summed E-state index contributed by atoms with van der Waals surface area (Å²) in [5, 5.41) is 17.6. The van der Waals surface area contributed by atoms with Crippen molar-refractivity contribution in [3.63, 3.8) is 0 Å². The van der Waals surface area contributed by atoms with Gasteiger partial charge in [-0.3, -0.25) is 0 Å². The first-order valence-corrected chi connectivity index (χ1v) is 11.8. The lowest BCUT2D eigenvalue weighted by Crippen LogP contribution is -2.43. The van der Waals surface area contributed by atoms with E-state index in [1.165, 1.54) is 23.8 Å². The van der Waals surface area contributed by atoms with Crippen LogP contribution >= 0.6 is 0 Å². The molecule has 4 aromatic rings. The third kappa shape index (κ3) is 4.66. The van der Waals surface area contributed by atoms with Gasteiger partial charge in [0.1, 0.15) is 17.7 Å². The van der Waals surface area contributed by atoms with Crippen molar-refractivity contribution in [2.75, 3.05) is 39.7 Å². The first-order valence-electron chi connectivity index (χ1n) is 11.8. The molecule has 0 unspecified atom stereocenters. The number of aromatic nitrogens is 4. The molecule has 0 bridgehead atoms. The molecule has 2 atom stereocenters. The highest BCUT2D eigenvalue weighted by molar-refractivity contribution is 5.93. The number of ether oxygens (including phenoxy) is 3. The Morgan fingerprint density at radius 1 is 1.11 bits per heavy atom. The molecule has 200 valence electrons. The fourth-order valence-corrected chi connectivity index (χ4v) is 4.62. The standard InChI is InChI=1S/C25H26F2N6O5/c1-36-16-5-4-13(20(7-16)37-2)10-28-24-29-19-9-21(38-3)18(27)8-17(19)23-30-22(31-33(23)24)14-6-15(26)12-32(11-14)25(34)35/h4-5,7-9,14-15H,6,10-12H2,1-3H3,(H,28,29)(H,34,35)/t14-,15-/m0/s1. The molecule has 38 heavy (non-hydrogen) atoms. The van der Waals surface area contributed by atoms with Crippen LogP contribution in [0.3, 0.4) is 0 Å². The van der Waals surface area contributed by atoms with E-state index in [-0.39, 0.29) is 37.6 Å². The second-order valence-electron chi connectivity index (χ2n) is 8.89. The number of nitrogens with zero attached hydrogens (tertiary/aromatic N) is 5. The number of nitrogens with one attached hydrogen (secondary N) is 1. The Hall–Kier alpha value is -4.42. The molecule has 1 fully saturated rings. The first-order chi connectivity index (χ1) is 18.3. The zero-order chi connectivity index (χ0) is 27.0. The molecule has 1 amide bonds. The van der Waals surface area contributed by atoms with Crippen LogP contribution in [0.15, 0.2) is 30.3 Å². The summed E-state index contributed by atoms with van der Waals surface area (Å²) in [4.78, 5) is 21.8. The average Bonchev–Trinajstić information content (AvgIpc) is 3.37. The van der Waals surface area contributed by atoms with E-state index < -0.39 is 24.0 Å². The number of hydrogen-bond donors (Lipinski definition) is 2. The summed E-state index contributed by atoms with van der Waals surface area (Å²) in [6.45, 7) is 0.133. The number of likely N-dealkylation sites (tertiary alicyclic amines) is 1. The van der Waals surface area contributed by atoms with Crippen LogP contribution < -0.4 is 19.5 Å². The van der Waals surface area contributed by atoms with Crippen molar-refractivity contribution < 1.29 is 32.9 Å². The Balaban J connectivity index is 1.59. The van der Waals surface area contributed by atoms with Gasteiger partial charge in [0.05, 0.1) is 33.4 Å². The van der Waals surface area contributed by atoms with E-state index in [4.69, 9.17) is 14.2 Å². The Morgan fingerprint density at radius 2 is 1.89 bits per heavy atom. The molecule has 1 aliphatic rings. The van der Waals surface area contributed by atoms with Crippen molar-refractivity contribution in [3.05, 3.63) is 47.5 Å². The van der Waals surface area contributed by atoms with Crippen LogP contribution in [0.4, 0.5) is 19.5 Å². The lowest BCUT2D eigenvalue weighted by Gasteiger charge is -2.31. The fourth-order valence-electron chi connectivity index (χ4n) is 4.62. The van der Waals surface area contributed by atoms with E-state index in [1.807, 2.05) is 6.07 Å². The number of rotatable bonds is 7. The smallest absolute Gasteiger partial charge is 0.407 e. The maximum atomic E-state index is 14.6. The highest BCUT2D eigenvalue weighted by Crippen LogP contribution is 2.32. The van der Waals surface area contributed by atoms with E-state index in [9.17, 15) is 18.7 Å². The zero-order valence-corrected chi connectivity index (χ0v) is 20.9. The molecule has 3 heterocycles. The topological polar surface area (TPSA) is 123 Å². The lowest BCUT2D eigenvalue weighted by molar-refractivity contribution is 0.0969. The highest BCUT2D eigenvalue weighted by atomic mass is 19.1. The number of halogens is 2. The third-order valence-electron chi connectivity index (χ3n) is 6.53. The summed E-state index contributed by atoms with van der Waals surface area (Å²) < 4.78 is 46.3. The molecule has 0 radical (unpaired) electrons. The summed E-state index contributed by atoms with van der Waals surface area (Å²) in [5.74, 6) is 0.608. The Kier molecular flexibility index (Phi) is 6.74. The number of fused-ring (bicyclic) bond motifs is 3. The number of carboxylic acid groups (broad SMARTS) is 1. The van der Waals surface area contributed by atoms with Crippen LogP contribution in [-0.4, -0.2) is 76.3 Å². The van der Waals surface area contributed by atoms with Gasteiger partial charge in [0.2, 0.25) is 5.95 Å². The van der Waals surface area contributed by atoms with Crippen molar-refractivity contribution in [1.29, 1.82) is 0 Å². The number of benzene rings is 2. The highest BCUT2D eigenvalue weighted by Gasteiger charge is 2.33. The Bertz CT molecular complexity index is 1510. The predicted molar refractivity (Wildman–Crippen MR) is 134 cm³/mol. The van der Waals surface area contributed by atoms with Gasteiger partial charge in [-0.25, -0.2) is 23.5 Å². The Labute approximate surface area is 215 Å². The lowest BCUT2D eigenvalue weighted by atomic mass is 9.96. The summed E-state index contributed by atoms with van der Waals surface area (Å²) in [5.41, 5.74) is 1.50. The maximum Gasteiger partial charge on any atom is 0.407 e. The van der Waals surface area contributed by atoms with Gasteiger partial charge in [0.25, 0.3) is 0 Å². The minimum atomic E-state index is -1.35. The molecule has 2 aromatic carbocycles. The summed E-state index contributed by atoms with van der Waals surface area (Å²) in [7, 11) is 4.48. The largest absolute Gasteiger partial charge is 0.497 e. The van der Waals surface area contributed by atoms with Gasteiger partial charge in [-0.15, -0.1) is 5.10 Å². The van der Waals surface area contributed by atoms with Gasteiger partial charge >= 0.3 is 6.09 Å². The molecule has 0 aliphatic carbocycles. The van der Waals surface area contributed by atoms with Crippen LogP contribution in [0.5, 0.6) is 17.2 Å². The van der Waals surface area contributed by atoms with Gasteiger partial charge in [0, 0.05) is 42.1 Å². The first kappa shape index (κ1) is 25.2. The number of methoxy groups -OCH3 is 3.